The van der Waals surface area contributed by atoms with Gasteiger partial charge in [0.05, 0.1) is 14.2 Å². The highest BCUT2D eigenvalue weighted by molar-refractivity contribution is 5.96. The molecule has 2 heterocycles. The van der Waals surface area contributed by atoms with E-state index in [1.807, 2.05) is 47.4 Å². The third-order valence-electron chi connectivity index (χ3n) is 4.86. The van der Waals surface area contributed by atoms with Crippen LogP contribution in [0.3, 0.4) is 0 Å². The van der Waals surface area contributed by atoms with E-state index >= 15 is 0 Å². The Morgan fingerprint density at radius 3 is 2.42 bits per heavy atom. The number of carbonyl (C=O) groups excluding carboxylic acids is 1. The second kappa shape index (κ2) is 6.67. The summed E-state index contributed by atoms with van der Waals surface area (Å²) in [5.74, 6) is 1.36. The molecule has 0 saturated heterocycles. The van der Waals surface area contributed by atoms with Gasteiger partial charge in [-0.2, -0.15) is 0 Å². The first-order valence-corrected chi connectivity index (χ1v) is 8.57. The van der Waals surface area contributed by atoms with Gasteiger partial charge in [-0.15, -0.1) is 0 Å². The lowest BCUT2D eigenvalue weighted by atomic mass is 9.98. The Morgan fingerprint density at radius 2 is 1.69 bits per heavy atom. The zero-order valence-electron chi connectivity index (χ0n) is 14.9. The Hall–Kier alpha value is -3.08. The minimum absolute atomic E-state index is 0.0452. The number of ether oxygens (including phenoxy) is 2. The van der Waals surface area contributed by atoms with E-state index in [1.165, 1.54) is 5.56 Å². The van der Waals surface area contributed by atoms with Crippen molar-refractivity contribution in [2.24, 2.45) is 0 Å². The fourth-order valence-corrected chi connectivity index (χ4v) is 3.42. The molecule has 1 aliphatic heterocycles. The molecular formula is C21H20N2O3. The third-order valence-corrected chi connectivity index (χ3v) is 4.86. The van der Waals surface area contributed by atoms with E-state index in [0.29, 0.717) is 24.5 Å². The number of amides is 1. The van der Waals surface area contributed by atoms with E-state index in [9.17, 15) is 4.79 Å². The van der Waals surface area contributed by atoms with Crippen LogP contribution in [0.5, 0.6) is 11.5 Å². The van der Waals surface area contributed by atoms with E-state index < -0.39 is 0 Å². The molecule has 1 aliphatic rings. The number of nitrogens with zero attached hydrogens (tertiary/aromatic N) is 2. The summed E-state index contributed by atoms with van der Waals surface area (Å²) in [4.78, 5) is 19.1. The fraction of sp³-hybridized carbons (Fsp3) is 0.238. The molecule has 0 radical (unpaired) electrons. The van der Waals surface area contributed by atoms with Gasteiger partial charge in [0, 0.05) is 24.7 Å². The highest BCUT2D eigenvalue weighted by Gasteiger charge is 2.24. The lowest BCUT2D eigenvalue weighted by Crippen LogP contribution is -2.36. The predicted molar refractivity (Wildman–Crippen MR) is 99.7 cm³/mol. The van der Waals surface area contributed by atoms with Crippen LogP contribution in [0.25, 0.3) is 10.8 Å². The molecule has 0 spiro atoms. The van der Waals surface area contributed by atoms with Gasteiger partial charge in [0.25, 0.3) is 5.91 Å². The molecular weight excluding hydrogens is 328 g/mol. The summed E-state index contributed by atoms with van der Waals surface area (Å²) in [6.45, 7) is 1.21. The first-order valence-electron chi connectivity index (χ1n) is 8.57. The van der Waals surface area contributed by atoms with Crippen LogP contribution in [0.4, 0.5) is 0 Å². The van der Waals surface area contributed by atoms with Crippen LogP contribution in [0.2, 0.25) is 0 Å². The van der Waals surface area contributed by atoms with Crippen molar-refractivity contribution in [3.05, 3.63) is 65.5 Å². The zero-order valence-corrected chi connectivity index (χ0v) is 14.9. The van der Waals surface area contributed by atoms with Crippen molar-refractivity contribution in [1.29, 1.82) is 0 Å². The van der Waals surface area contributed by atoms with E-state index in [4.69, 9.17) is 9.47 Å². The largest absolute Gasteiger partial charge is 0.493 e. The second-order valence-electron chi connectivity index (χ2n) is 6.37. The molecule has 2 aromatic carbocycles. The Morgan fingerprint density at radius 1 is 1.00 bits per heavy atom. The van der Waals surface area contributed by atoms with Crippen molar-refractivity contribution in [3.8, 4) is 11.5 Å². The average Bonchev–Trinajstić information content (AvgIpc) is 2.71. The third kappa shape index (κ3) is 2.86. The molecule has 5 heteroatoms. The van der Waals surface area contributed by atoms with Gasteiger partial charge < -0.3 is 14.4 Å². The summed E-state index contributed by atoms with van der Waals surface area (Å²) in [6, 6.07) is 13.7. The fourth-order valence-electron chi connectivity index (χ4n) is 3.42. The average molecular weight is 348 g/mol. The summed E-state index contributed by atoms with van der Waals surface area (Å²) >= 11 is 0. The Bertz CT molecular complexity index is 984. The van der Waals surface area contributed by atoms with Crippen LogP contribution in [0, 0.1) is 0 Å². The van der Waals surface area contributed by atoms with Gasteiger partial charge in [0.15, 0.2) is 11.5 Å². The van der Waals surface area contributed by atoms with E-state index in [2.05, 4.69) is 4.98 Å². The normalized spacial score (nSPS) is 13.4. The predicted octanol–water partition coefficient (Wildman–Crippen LogP) is 3.45. The zero-order chi connectivity index (χ0) is 18.1. The smallest absolute Gasteiger partial charge is 0.272 e. The molecule has 1 aromatic heterocycles. The lowest BCUT2D eigenvalue weighted by Gasteiger charge is -2.29. The summed E-state index contributed by atoms with van der Waals surface area (Å²) in [6.07, 6.45) is 2.55. The van der Waals surface area contributed by atoms with Crippen molar-refractivity contribution in [3.63, 3.8) is 0 Å². The van der Waals surface area contributed by atoms with Crippen LogP contribution >= 0.6 is 0 Å². The molecule has 132 valence electrons. The van der Waals surface area contributed by atoms with Crippen LogP contribution in [-0.2, 0) is 13.0 Å². The van der Waals surface area contributed by atoms with Crippen molar-refractivity contribution >= 4 is 16.7 Å². The molecule has 0 bridgehead atoms. The monoisotopic (exact) mass is 348 g/mol. The summed E-state index contributed by atoms with van der Waals surface area (Å²) in [5, 5.41) is 2.06. The number of methoxy groups -OCH3 is 2. The van der Waals surface area contributed by atoms with Crippen molar-refractivity contribution in [1.82, 2.24) is 9.88 Å². The Kier molecular flexibility index (Phi) is 4.21. The highest BCUT2D eigenvalue weighted by Crippen LogP contribution is 2.33. The quantitative estimate of drug-likeness (QED) is 0.727. The topological polar surface area (TPSA) is 51.7 Å². The summed E-state index contributed by atoms with van der Waals surface area (Å²) in [5.41, 5.74) is 2.76. The molecule has 1 amide bonds. The number of hydrogen-bond acceptors (Lipinski definition) is 4. The van der Waals surface area contributed by atoms with Crippen molar-refractivity contribution < 1.29 is 14.3 Å². The van der Waals surface area contributed by atoms with Crippen molar-refractivity contribution in [2.75, 3.05) is 20.8 Å². The van der Waals surface area contributed by atoms with Crippen LogP contribution in [0.1, 0.15) is 21.6 Å². The first kappa shape index (κ1) is 16.4. The highest BCUT2D eigenvalue weighted by atomic mass is 16.5. The number of hydrogen-bond donors (Lipinski definition) is 0. The number of pyridine rings is 1. The van der Waals surface area contributed by atoms with E-state index in [-0.39, 0.29) is 5.91 Å². The maximum atomic E-state index is 12.9. The molecule has 5 nitrogen and oxygen atoms in total. The molecule has 0 atom stereocenters. The number of carbonyl (C=O) groups is 1. The molecule has 0 fully saturated rings. The maximum absolute atomic E-state index is 12.9. The van der Waals surface area contributed by atoms with Crippen LogP contribution < -0.4 is 9.47 Å². The lowest BCUT2D eigenvalue weighted by molar-refractivity contribution is 0.0728. The number of aromatic nitrogens is 1. The van der Waals surface area contributed by atoms with Gasteiger partial charge in [0.1, 0.15) is 5.69 Å². The first-order chi connectivity index (χ1) is 12.7. The molecule has 3 aromatic rings. The van der Waals surface area contributed by atoms with Gasteiger partial charge >= 0.3 is 0 Å². The minimum Gasteiger partial charge on any atom is -0.493 e. The minimum atomic E-state index is -0.0452. The molecule has 0 saturated carbocycles. The molecule has 4 rings (SSSR count). The molecule has 0 aliphatic carbocycles. The summed E-state index contributed by atoms with van der Waals surface area (Å²) in [7, 11) is 3.25. The number of benzene rings is 2. The second-order valence-corrected chi connectivity index (χ2v) is 6.37. The summed E-state index contributed by atoms with van der Waals surface area (Å²) < 4.78 is 10.8. The Labute approximate surface area is 152 Å². The standard InChI is InChI=1S/C21H20N2O3/c1-25-19-10-15-7-8-23(13-17(15)11-20(19)26-2)21(24)18-9-14-5-3-4-6-16(14)12-22-18/h3-6,9-12H,7-8,13H2,1-2H3. The molecule has 0 N–H and O–H groups in total. The van der Waals surface area contributed by atoms with Crippen LogP contribution in [-0.4, -0.2) is 36.6 Å². The van der Waals surface area contributed by atoms with Gasteiger partial charge in [-0.05, 0) is 41.1 Å². The number of fused-ring (bicyclic) bond motifs is 2. The maximum Gasteiger partial charge on any atom is 0.272 e. The van der Waals surface area contributed by atoms with Gasteiger partial charge in [-0.3, -0.25) is 9.78 Å². The van der Waals surface area contributed by atoms with Gasteiger partial charge in [-0.1, -0.05) is 24.3 Å². The van der Waals surface area contributed by atoms with E-state index in [0.717, 1.165) is 28.5 Å². The molecule has 26 heavy (non-hydrogen) atoms. The number of rotatable bonds is 3. The van der Waals surface area contributed by atoms with Crippen LogP contribution in [0.15, 0.2) is 48.7 Å². The molecule has 0 unspecified atom stereocenters. The van der Waals surface area contributed by atoms with Gasteiger partial charge in [0.2, 0.25) is 0 Å². The Balaban J connectivity index is 1.62. The van der Waals surface area contributed by atoms with E-state index in [1.54, 1.807) is 20.4 Å². The van der Waals surface area contributed by atoms with Gasteiger partial charge in [-0.25, -0.2) is 0 Å². The van der Waals surface area contributed by atoms with Crippen molar-refractivity contribution in [2.45, 2.75) is 13.0 Å². The SMILES string of the molecule is COc1cc2c(cc1OC)CN(C(=O)c1cc3ccccc3cn1)CC2.